The van der Waals surface area contributed by atoms with Crippen LogP contribution in [0.3, 0.4) is 0 Å². The quantitative estimate of drug-likeness (QED) is 0.487. The predicted molar refractivity (Wildman–Crippen MR) is 182 cm³/mol. The van der Waals surface area contributed by atoms with E-state index in [9.17, 15) is 27.6 Å². The maximum atomic E-state index is 14.2. The minimum absolute atomic E-state index is 0.0111. The molecule has 0 radical (unpaired) electrons. The number of alkyl halides is 3. The van der Waals surface area contributed by atoms with E-state index in [1.807, 2.05) is 35.0 Å². The van der Waals surface area contributed by atoms with Gasteiger partial charge in [0.15, 0.2) is 0 Å². The zero-order valence-electron chi connectivity index (χ0n) is 28.9. The Morgan fingerprint density at radius 2 is 1.60 bits per heavy atom. The van der Waals surface area contributed by atoms with Gasteiger partial charge in [-0.3, -0.25) is 19.3 Å². The van der Waals surface area contributed by atoms with E-state index >= 15 is 0 Å². The fourth-order valence-corrected chi connectivity index (χ4v) is 8.49. The SMILES string of the molecule is CC(=O)N1CCC(N2CCC(C(=O)Nc3cccc4c3C3CN(C(=O)c5ccc(CN6CCN(C)CC6)c(C(F)(F)F)c5)CC3O4)CC2)CC1. The van der Waals surface area contributed by atoms with Crippen LogP contribution in [0.2, 0.25) is 0 Å². The summed E-state index contributed by atoms with van der Waals surface area (Å²) in [6.45, 7) is 8.57. The molecule has 1 N–H and O–H groups in total. The van der Waals surface area contributed by atoms with Crippen LogP contribution in [0, 0.1) is 5.92 Å². The van der Waals surface area contributed by atoms with Crippen LogP contribution < -0.4 is 10.1 Å². The monoisotopic (exact) mass is 696 g/mol. The third kappa shape index (κ3) is 7.22. The van der Waals surface area contributed by atoms with Gasteiger partial charge < -0.3 is 29.7 Å². The van der Waals surface area contributed by atoms with E-state index in [-0.39, 0.29) is 60.5 Å². The number of hydrogen-bond donors (Lipinski definition) is 1. The van der Waals surface area contributed by atoms with Crippen LogP contribution in [-0.2, 0) is 22.3 Å². The second kappa shape index (κ2) is 14.1. The molecule has 2 atom stereocenters. The number of rotatable bonds is 6. The Morgan fingerprint density at radius 3 is 2.28 bits per heavy atom. The average molecular weight is 697 g/mol. The van der Waals surface area contributed by atoms with E-state index in [0.717, 1.165) is 76.6 Å². The van der Waals surface area contributed by atoms with Crippen molar-refractivity contribution in [1.82, 2.24) is 24.5 Å². The van der Waals surface area contributed by atoms with Crippen LogP contribution in [0.25, 0.3) is 0 Å². The zero-order valence-corrected chi connectivity index (χ0v) is 28.9. The zero-order chi connectivity index (χ0) is 35.2. The normalized spacial score (nSPS) is 24.2. The maximum Gasteiger partial charge on any atom is 0.416 e. The van der Waals surface area contributed by atoms with E-state index in [4.69, 9.17) is 4.74 Å². The molecule has 0 aliphatic carbocycles. The Morgan fingerprint density at radius 1 is 0.880 bits per heavy atom. The van der Waals surface area contributed by atoms with Gasteiger partial charge in [-0.25, -0.2) is 0 Å². The number of hydrogen-bond acceptors (Lipinski definition) is 7. The summed E-state index contributed by atoms with van der Waals surface area (Å²) in [5.74, 6) is -0.0184. The second-order valence-electron chi connectivity index (χ2n) is 14.7. The summed E-state index contributed by atoms with van der Waals surface area (Å²) in [7, 11) is 2.00. The molecule has 10 nitrogen and oxygen atoms in total. The van der Waals surface area contributed by atoms with Crippen molar-refractivity contribution in [2.75, 3.05) is 77.8 Å². The summed E-state index contributed by atoms with van der Waals surface area (Å²) in [5, 5.41) is 3.16. The summed E-state index contributed by atoms with van der Waals surface area (Å²) in [4.78, 5) is 49.0. The van der Waals surface area contributed by atoms with Crippen molar-refractivity contribution in [3.8, 4) is 5.75 Å². The molecule has 2 aromatic rings. The Hall–Kier alpha value is -3.68. The van der Waals surface area contributed by atoms with Crippen molar-refractivity contribution in [2.45, 2.75) is 63.4 Å². The minimum Gasteiger partial charge on any atom is -0.487 e. The number of halogens is 3. The summed E-state index contributed by atoms with van der Waals surface area (Å²) in [6, 6.07) is 9.97. The van der Waals surface area contributed by atoms with Gasteiger partial charge in [0.1, 0.15) is 11.9 Å². The van der Waals surface area contributed by atoms with Crippen molar-refractivity contribution in [3.05, 3.63) is 58.7 Å². The van der Waals surface area contributed by atoms with E-state index in [1.165, 1.54) is 12.1 Å². The molecule has 5 aliphatic heterocycles. The summed E-state index contributed by atoms with van der Waals surface area (Å²) >= 11 is 0. The smallest absolute Gasteiger partial charge is 0.416 e. The van der Waals surface area contributed by atoms with Gasteiger partial charge in [-0.05, 0) is 75.6 Å². The highest BCUT2D eigenvalue weighted by Gasteiger charge is 2.46. The lowest BCUT2D eigenvalue weighted by Crippen LogP contribution is -2.49. The second-order valence-corrected chi connectivity index (χ2v) is 14.7. The van der Waals surface area contributed by atoms with E-state index in [2.05, 4.69) is 15.1 Å². The molecule has 0 aromatic heterocycles. The Kier molecular flexibility index (Phi) is 9.83. The third-order valence-electron chi connectivity index (χ3n) is 11.5. The molecule has 2 aromatic carbocycles. The van der Waals surface area contributed by atoms with Crippen molar-refractivity contribution < 1.29 is 32.3 Å². The highest BCUT2D eigenvalue weighted by atomic mass is 19.4. The van der Waals surface area contributed by atoms with Crippen LogP contribution >= 0.6 is 0 Å². The topological polar surface area (TPSA) is 88.7 Å². The van der Waals surface area contributed by atoms with E-state index in [1.54, 1.807) is 11.8 Å². The molecule has 0 bridgehead atoms. The standard InChI is InChI=1S/C37H47F3N6O4/c1-24(47)44-14-10-28(11-15-44)45-12-8-25(9-13-45)35(48)41-31-4-3-5-32-34(31)29-22-46(23-33(29)50-32)36(49)26-6-7-27(30(20-26)37(38,39)40)21-43-18-16-42(2)17-19-43/h3-7,20,25,28-29,33H,8-19,21-23H2,1-2H3,(H,41,48). The number of ether oxygens (including phenoxy) is 1. The fraction of sp³-hybridized carbons (Fsp3) is 0.595. The number of carbonyl (C=O) groups excluding carboxylic acids is 3. The fourth-order valence-electron chi connectivity index (χ4n) is 8.49. The minimum atomic E-state index is -4.58. The molecule has 0 spiro atoms. The first-order valence-corrected chi connectivity index (χ1v) is 17.9. The van der Waals surface area contributed by atoms with Gasteiger partial charge in [0, 0.05) is 94.0 Å². The van der Waals surface area contributed by atoms with Gasteiger partial charge in [0.25, 0.3) is 5.91 Å². The van der Waals surface area contributed by atoms with Crippen molar-refractivity contribution in [1.29, 1.82) is 0 Å². The van der Waals surface area contributed by atoms with Gasteiger partial charge in [-0.15, -0.1) is 0 Å². The molecule has 3 amide bonds. The van der Waals surface area contributed by atoms with Crippen LogP contribution in [0.5, 0.6) is 5.75 Å². The first-order valence-electron chi connectivity index (χ1n) is 17.9. The molecule has 5 heterocycles. The van der Waals surface area contributed by atoms with Crippen LogP contribution in [0.4, 0.5) is 18.9 Å². The number of carbonyl (C=O) groups is 3. The molecule has 270 valence electrons. The number of piperidine rings is 2. The van der Waals surface area contributed by atoms with Crippen molar-refractivity contribution >= 4 is 23.4 Å². The van der Waals surface area contributed by atoms with E-state index in [0.29, 0.717) is 30.6 Å². The number of fused-ring (bicyclic) bond motifs is 3. The number of nitrogens with zero attached hydrogens (tertiary/aromatic N) is 5. The van der Waals surface area contributed by atoms with Gasteiger partial charge in [0.2, 0.25) is 11.8 Å². The number of amides is 3. The molecule has 50 heavy (non-hydrogen) atoms. The van der Waals surface area contributed by atoms with Crippen molar-refractivity contribution in [2.24, 2.45) is 5.92 Å². The van der Waals surface area contributed by atoms with Crippen molar-refractivity contribution in [3.63, 3.8) is 0 Å². The van der Waals surface area contributed by atoms with Crippen LogP contribution in [-0.4, -0.2) is 127 Å². The molecular formula is C37H47F3N6O4. The van der Waals surface area contributed by atoms with E-state index < -0.39 is 17.6 Å². The Labute approximate surface area is 291 Å². The summed E-state index contributed by atoms with van der Waals surface area (Å²) in [6.07, 6.45) is -1.50. The molecule has 13 heteroatoms. The molecule has 4 saturated heterocycles. The number of likely N-dealkylation sites (tertiary alicyclic amines) is 3. The molecule has 0 saturated carbocycles. The average Bonchev–Trinajstić information content (AvgIpc) is 3.67. The molecule has 7 rings (SSSR count). The van der Waals surface area contributed by atoms with Gasteiger partial charge in [-0.2, -0.15) is 13.2 Å². The number of nitrogens with one attached hydrogen (secondary N) is 1. The number of benzene rings is 2. The maximum absolute atomic E-state index is 14.2. The first kappa shape index (κ1) is 34.8. The van der Waals surface area contributed by atoms with Gasteiger partial charge in [0.05, 0.1) is 12.1 Å². The van der Waals surface area contributed by atoms with Crippen LogP contribution in [0.1, 0.15) is 65.6 Å². The number of anilines is 1. The Bertz CT molecular complexity index is 1600. The van der Waals surface area contributed by atoms with Crippen LogP contribution in [0.15, 0.2) is 36.4 Å². The first-order chi connectivity index (χ1) is 23.9. The highest BCUT2D eigenvalue weighted by Crippen LogP contribution is 2.47. The number of piperazine rings is 1. The molecule has 2 unspecified atom stereocenters. The molecule has 5 aliphatic rings. The van der Waals surface area contributed by atoms with Gasteiger partial charge >= 0.3 is 6.18 Å². The highest BCUT2D eigenvalue weighted by molar-refractivity contribution is 5.96. The lowest BCUT2D eigenvalue weighted by molar-refractivity contribution is -0.138. The van der Waals surface area contributed by atoms with Gasteiger partial charge in [-0.1, -0.05) is 12.1 Å². The molecule has 4 fully saturated rings. The summed E-state index contributed by atoms with van der Waals surface area (Å²) < 4.78 is 49.0. The predicted octanol–water partition coefficient (Wildman–Crippen LogP) is 4.11. The lowest BCUT2D eigenvalue weighted by Gasteiger charge is -2.41. The Balaban J connectivity index is 0.982. The largest absolute Gasteiger partial charge is 0.487 e. The third-order valence-corrected chi connectivity index (χ3v) is 11.5. The number of likely N-dealkylation sites (N-methyl/N-ethyl adjacent to an activating group) is 1. The molecular weight excluding hydrogens is 649 g/mol. The lowest BCUT2D eigenvalue weighted by atomic mass is 9.92. The summed E-state index contributed by atoms with van der Waals surface area (Å²) in [5.41, 5.74) is 0.930.